The molecule has 2 aliphatic rings. The van der Waals surface area contributed by atoms with Gasteiger partial charge in [-0.15, -0.1) is 0 Å². The highest BCUT2D eigenvalue weighted by Gasteiger charge is 2.52. The predicted octanol–water partition coefficient (Wildman–Crippen LogP) is 3.50. The molecule has 0 bridgehead atoms. The molecule has 1 amide bonds. The number of halogens is 1. The summed E-state index contributed by atoms with van der Waals surface area (Å²) in [6, 6.07) is 15.4. The Bertz CT molecular complexity index is 843. The monoisotopic (exact) mass is 369 g/mol. The molecule has 0 unspecified atom stereocenters. The Labute approximate surface area is 157 Å². The van der Waals surface area contributed by atoms with E-state index in [1.54, 1.807) is 17.0 Å². The molecule has 1 fully saturated rings. The maximum absolute atomic E-state index is 12.6. The lowest BCUT2D eigenvalue weighted by atomic mass is 9.96. The van der Waals surface area contributed by atoms with Crippen molar-refractivity contribution in [2.45, 2.75) is 31.2 Å². The highest BCUT2D eigenvalue weighted by Crippen LogP contribution is 2.49. The number of carbonyl (C=O) groups excluding carboxylic acids is 2. The molecule has 0 saturated heterocycles. The molecule has 1 heterocycles. The number of esters is 1. The molecule has 0 atom stereocenters. The molecule has 1 saturated carbocycles. The Morgan fingerprint density at radius 2 is 1.73 bits per heavy atom. The Balaban J connectivity index is 1.36. The molecular weight excluding hydrogens is 350 g/mol. The summed E-state index contributed by atoms with van der Waals surface area (Å²) in [5.41, 5.74) is 2.76. The highest BCUT2D eigenvalue weighted by molar-refractivity contribution is 6.30. The van der Waals surface area contributed by atoms with E-state index in [0.717, 1.165) is 24.8 Å². The van der Waals surface area contributed by atoms with Gasteiger partial charge in [0.15, 0.2) is 6.61 Å². The van der Waals surface area contributed by atoms with Crippen LogP contribution < -0.4 is 0 Å². The summed E-state index contributed by atoms with van der Waals surface area (Å²) in [7, 11) is 0. The third-order valence-electron chi connectivity index (χ3n) is 5.35. The van der Waals surface area contributed by atoms with Crippen molar-refractivity contribution in [3.8, 4) is 0 Å². The topological polar surface area (TPSA) is 46.6 Å². The van der Waals surface area contributed by atoms with Crippen LogP contribution in [0.3, 0.4) is 0 Å². The number of hydrogen-bond acceptors (Lipinski definition) is 3. The number of amides is 1. The van der Waals surface area contributed by atoms with Gasteiger partial charge in [0.2, 0.25) is 0 Å². The second-order valence-electron chi connectivity index (χ2n) is 7.00. The summed E-state index contributed by atoms with van der Waals surface area (Å²) >= 11 is 5.92. The smallest absolute Gasteiger partial charge is 0.317 e. The molecule has 0 spiro atoms. The van der Waals surface area contributed by atoms with Gasteiger partial charge in [0.1, 0.15) is 0 Å². The van der Waals surface area contributed by atoms with Gasteiger partial charge in [-0.3, -0.25) is 9.59 Å². The molecule has 2 aromatic rings. The maximum Gasteiger partial charge on any atom is 0.317 e. The number of rotatable bonds is 4. The van der Waals surface area contributed by atoms with Crippen LogP contribution in [0.2, 0.25) is 5.02 Å². The standard InChI is InChI=1S/C21H20ClNO3/c22-18-7-5-17(6-8-18)21(10-11-21)20(25)26-14-19(24)23-12-9-15-3-1-2-4-16(15)13-23/h1-8H,9-14H2. The molecule has 4 rings (SSSR count). The number of nitrogens with zero attached hydrogens (tertiary/aromatic N) is 1. The number of hydrogen-bond donors (Lipinski definition) is 0. The summed E-state index contributed by atoms with van der Waals surface area (Å²) in [5.74, 6) is -0.453. The zero-order chi connectivity index (χ0) is 18.1. The maximum atomic E-state index is 12.6. The third kappa shape index (κ3) is 3.21. The van der Waals surface area contributed by atoms with E-state index in [1.165, 1.54) is 11.1 Å². The van der Waals surface area contributed by atoms with Crippen molar-refractivity contribution >= 4 is 23.5 Å². The number of fused-ring (bicyclic) bond motifs is 1. The van der Waals surface area contributed by atoms with Crippen molar-refractivity contribution in [1.29, 1.82) is 0 Å². The molecule has 1 aliphatic carbocycles. The second kappa shape index (κ2) is 6.76. The zero-order valence-corrected chi connectivity index (χ0v) is 15.2. The molecule has 1 aliphatic heterocycles. The molecule has 4 nitrogen and oxygen atoms in total. The van der Waals surface area contributed by atoms with E-state index in [2.05, 4.69) is 6.07 Å². The third-order valence-corrected chi connectivity index (χ3v) is 5.60. The van der Waals surface area contributed by atoms with Gasteiger partial charge >= 0.3 is 5.97 Å². The van der Waals surface area contributed by atoms with E-state index < -0.39 is 5.41 Å². The van der Waals surface area contributed by atoms with Crippen LogP contribution >= 0.6 is 11.6 Å². The van der Waals surface area contributed by atoms with Gasteiger partial charge in [0, 0.05) is 18.1 Å². The fourth-order valence-electron chi connectivity index (χ4n) is 3.57. The summed E-state index contributed by atoms with van der Waals surface area (Å²) < 4.78 is 5.39. The van der Waals surface area contributed by atoms with E-state index >= 15 is 0 Å². The van der Waals surface area contributed by atoms with Crippen LogP contribution in [-0.2, 0) is 32.7 Å². The summed E-state index contributed by atoms with van der Waals surface area (Å²) in [6.45, 7) is 1.04. The summed E-state index contributed by atoms with van der Waals surface area (Å²) in [4.78, 5) is 26.8. The molecule has 5 heteroatoms. The molecule has 0 radical (unpaired) electrons. The fourth-order valence-corrected chi connectivity index (χ4v) is 3.70. The minimum absolute atomic E-state index is 0.139. The van der Waals surface area contributed by atoms with Crippen molar-refractivity contribution in [3.05, 3.63) is 70.2 Å². The van der Waals surface area contributed by atoms with Gasteiger partial charge in [0.25, 0.3) is 5.91 Å². The van der Waals surface area contributed by atoms with Crippen LogP contribution in [0, 0.1) is 0 Å². The van der Waals surface area contributed by atoms with Crippen molar-refractivity contribution in [2.24, 2.45) is 0 Å². The summed E-state index contributed by atoms with van der Waals surface area (Å²) in [6.07, 6.45) is 2.34. The molecule has 26 heavy (non-hydrogen) atoms. The van der Waals surface area contributed by atoms with Crippen LogP contribution in [0.5, 0.6) is 0 Å². The molecule has 0 N–H and O–H groups in total. The minimum atomic E-state index is -0.598. The van der Waals surface area contributed by atoms with Crippen molar-refractivity contribution in [1.82, 2.24) is 4.90 Å². The average Bonchev–Trinajstić information content (AvgIpc) is 3.48. The normalized spacial score (nSPS) is 17.3. The fraction of sp³-hybridized carbons (Fsp3) is 0.333. The first-order chi connectivity index (χ1) is 12.6. The van der Waals surface area contributed by atoms with Gasteiger partial charge < -0.3 is 9.64 Å². The van der Waals surface area contributed by atoms with Crippen LogP contribution in [-0.4, -0.2) is 29.9 Å². The van der Waals surface area contributed by atoms with Crippen molar-refractivity contribution < 1.29 is 14.3 Å². The predicted molar refractivity (Wildman–Crippen MR) is 98.9 cm³/mol. The van der Waals surface area contributed by atoms with Crippen LogP contribution in [0.4, 0.5) is 0 Å². The molecule has 134 valence electrons. The first-order valence-electron chi connectivity index (χ1n) is 8.86. The van der Waals surface area contributed by atoms with Crippen LogP contribution in [0.15, 0.2) is 48.5 Å². The second-order valence-corrected chi connectivity index (χ2v) is 7.44. The van der Waals surface area contributed by atoms with Crippen LogP contribution in [0.25, 0.3) is 0 Å². The van der Waals surface area contributed by atoms with Crippen molar-refractivity contribution in [3.63, 3.8) is 0 Å². The lowest BCUT2D eigenvalue weighted by Gasteiger charge is -2.29. The van der Waals surface area contributed by atoms with Gasteiger partial charge in [-0.2, -0.15) is 0 Å². The van der Waals surface area contributed by atoms with E-state index in [1.807, 2.05) is 30.3 Å². The largest absolute Gasteiger partial charge is 0.455 e. The number of carbonyl (C=O) groups is 2. The lowest BCUT2D eigenvalue weighted by molar-refractivity contribution is -0.154. The number of benzene rings is 2. The van der Waals surface area contributed by atoms with E-state index in [4.69, 9.17) is 16.3 Å². The van der Waals surface area contributed by atoms with Crippen LogP contribution in [0.1, 0.15) is 29.5 Å². The first-order valence-corrected chi connectivity index (χ1v) is 9.24. The Morgan fingerprint density at radius 3 is 2.42 bits per heavy atom. The van der Waals surface area contributed by atoms with E-state index in [-0.39, 0.29) is 18.5 Å². The SMILES string of the molecule is O=C(COC(=O)C1(c2ccc(Cl)cc2)CC1)N1CCc2ccccc2C1. The molecule has 0 aromatic heterocycles. The molecular formula is C21H20ClNO3. The van der Waals surface area contributed by atoms with Gasteiger partial charge in [0.05, 0.1) is 5.41 Å². The summed E-state index contributed by atoms with van der Waals surface area (Å²) in [5, 5.41) is 0.637. The molecule has 2 aromatic carbocycles. The number of ether oxygens (including phenoxy) is 1. The van der Waals surface area contributed by atoms with E-state index in [0.29, 0.717) is 18.1 Å². The average molecular weight is 370 g/mol. The van der Waals surface area contributed by atoms with E-state index in [9.17, 15) is 9.59 Å². The van der Waals surface area contributed by atoms with Gasteiger partial charge in [-0.1, -0.05) is 48.0 Å². The quantitative estimate of drug-likeness (QED) is 0.775. The Morgan fingerprint density at radius 1 is 1.04 bits per heavy atom. The zero-order valence-electron chi connectivity index (χ0n) is 14.4. The van der Waals surface area contributed by atoms with Gasteiger partial charge in [-0.25, -0.2) is 0 Å². The first kappa shape index (κ1) is 17.1. The van der Waals surface area contributed by atoms with Gasteiger partial charge in [-0.05, 0) is 48.1 Å². The highest BCUT2D eigenvalue weighted by atomic mass is 35.5. The van der Waals surface area contributed by atoms with Crippen molar-refractivity contribution in [2.75, 3.05) is 13.2 Å². The Kier molecular flexibility index (Phi) is 4.45. The minimum Gasteiger partial charge on any atom is -0.455 e. The lowest BCUT2D eigenvalue weighted by Crippen LogP contribution is -2.39. The Hall–Kier alpha value is -2.33.